The zero-order valence-corrected chi connectivity index (χ0v) is 11.1. The lowest BCUT2D eigenvalue weighted by Gasteiger charge is -2.10. The van der Waals surface area contributed by atoms with Crippen LogP contribution in [0.2, 0.25) is 0 Å². The van der Waals surface area contributed by atoms with Crippen molar-refractivity contribution in [2.45, 2.75) is 17.3 Å². The first-order valence-electron chi connectivity index (χ1n) is 5.65. The minimum Gasteiger partial charge on any atom is -0.384 e. The Balaban J connectivity index is 2.72. The molecule has 0 aliphatic carbocycles. The lowest BCUT2D eigenvalue weighted by Crippen LogP contribution is -2.23. The summed E-state index contributed by atoms with van der Waals surface area (Å²) in [6.07, 6.45) is 0. The third-order valence-electron chi connectivity index (χ3n) is 2.35. The fourth-order valence-corrected chi connectivity index (χ4v) is 2.12. The smallest absolute Gasteiger partial charge is 0.384 e. The van der Waals surface area contributed by atoms with Gasteiger partial charge in [0.2, 0.25) is 0 Å². The third kappa shape index (κ3) is 4.10. The number of sulfone groups is 1. The Hall–Kier alpha value is -1.28. The van der Waals surface area contributed by atoms with E-state index in [4.69, 9.17) is 0 Å². The topological polar surface area (TPSA) is 58.2 Å². The van der Waals surface area contributed by atoms with Gasteiger partial charge in [-0.1, -0.05) is 6.92 Å². The predicted octanol–water partition coefficient (Wildman–Crippen LogP) is 2.00. The van der Waals surface area contributed by atoms with Crippen molar-refractivity contribution in [3.63, 3.8) is 0 Å². The average Bonchev–Trinajstić information content (AvgIpc) is 2.34. The van der Waals surface area contributed by atoms with Gasteiger partial charge in [0.15, 0.2) is 0 Å². The van der Waals surface area contributed by atoms with Gasteiger partial charge in [-0.3, -0.25) is 0 Å². The Labute approximate surface area is 109 Å². The van der Waals surface area contributed by atoms with Crippen molar-refractivity contribution in [2.75, 3.05) is 25.0 Å². The van der Waals surface area contributed by atoms with Crippen molar-refractivity contribution in [2.24, 2.45) is 0 Å². The van der Waals surface area contributed by atoms with Crippen LogP contribution in [0, 0.1) is 0 Å². The first-order chi connectivity index (χ1) is 8.79. The first kappa shape index (κ1) is 15.8. The van der Waals surface area contributed by atoms with Crippen LogP contribution in [0.4, 0.5) is 18.9 Å². The lowest BCUT2D eigenvalue weighted by atomic mass is 10.3. The summed E-state index contributed by atoms with van der Waals surface area (Å²) in [5.41, 5.74) is -4.70. The maximum absolute atomic E-state index is 12.3. The molecule has 1 aromatic carbocycles. The van der Waals surface area contributed by atoms with Crippen LogP contribution in [0.3, 0.4) is 0 Å². The maximum Gasteiger partial charge on any atom is 0.501 e. The van der Waals surface area contributed by atoms with Crippen LogP contribution in [-0.2, 0) is 9.84 Å². The van der Waals surface area contributed by atoms with Gasteiger partial charge in [0.05, 0.1) is 4.90 Å². The highest BCUT2D eigenvalue weighted by Crippen LogP contribution is 2.30. The molecule has 108 valence electrons. The predicted molar refractivity (Wildman–Crippen MR) is 66.7 cm³/mol. The average molecular weight is 296 g/mol. The number of hydrogen-bond donors (Lipinski definition) is 2. The largest absolute Gasteiger partial charge is 0.501 e. The zero-order chi connectivity index (χ0) is 14.5. The van der Waals surface area contributed by atoms with Gasteiger partial charge < -0.3 is 10.6 Å². The number of nitrogens with one attached hydrogen (secondary N) is 2. The van der Waals surface area contributed by atoms with Gasteiger partial charge in [-0.15, -0.1) is 0 Å². The summed E-state index contributed by atoms with van der Waals surface area (Å²) in [7, 11) is -5.26. The minimum absolute atomic E-state index is 0.569. The lowest BCUT2D eigenvalue weighted by molar-refractivity contribution is -0.0436. The van der Waals surface area contributed by atoms with Gasteiger partial charge in [0.1, 0.15) is 0 Å². The molecule has 0 aliphatic heterocycles. The van der Waals surface area contributed by atoms with Crippen molar-refractivity contribution in [1.82, 2.24) is 5.32 Å². The van der Waals surface area contributed by atoms with E-state index in [9.17, 15) is 21.6 Å². The molecule has 4 nitrogen and oxygen atoms in total. The molecule has 0 aromatic heterocycles. The van der Waals surface area contributed by atoms with Crippen LogP contribution in [0.15, 0.2) is 29.2 Å². The fourth-order valence-electron chi connectivity index (χ4n) is 1.36. The van der Waals surface area contributed by atoms with E-state index in [1.54, 1.807) is 0 Å². The molecule has 2 N–H and O–H groups in total. The van der Waals surface area contributed by atoms with Crippen molar-refractivity contribution >= 4 is 15.5 Å². The van der Waals surface area contributed by atoms with Crippen LogP contribution < -0.4 is 10.6 Å². The fraction of sp³-hybridized carbons (Fsp3) is 0.455. The summed E-state index contributed by atoms with van der Waals surface area (Å²) >= 11 is 0. The second-order valence-corrected chi connectivity index (χ2v) is 5.70. The van der Waals surface area contributed by atoms with Crippen molar-refractivity contribution < 1.29 is 21.6 Å². The third-order valence-corrected chi connectivity index (χ3v) is 3.85. The maximum atomic E-state index is 12.3. The van der Waals surface area contributed by atoms with Crippen LogP contribution in [0.5, 0.6) is 0 Å². The molecule has 0 spiro atoms. The Morgan fingerprint density at radius 1 is 1.11 bits per heavy atom. The van der Waals surface area contributed by atoms with E-state index >= 15 is 0 Å². The Morgan fingerprint density at radius 3 is 2.16 bits per heavy atom. The minimum atomic E-state index is -5.27. The Morgan fingerprint density at radius 2 is 1.68 bits per heavy atom. The highest BCUT2D eigenvalue weighted by Gasteiger charge is 2.46. The van der Waals surface area contributed by atoms with Gasteiger partial charge >= 0.3 is 5.51 Å². The standard InChI is InChI=1S/C11H15F3N2O2S/c1-2-15-7-8-16-9-3-5-10(6-4-9)19(17,18)11(12,13)14/h3-6,15-16H,2,7-8H2,1H3. The Kier molecular flexibility index (Phi) is 5.19. The summed E-state index contributed by atoms with van der Waals surface area (Å²) in [5.74, 6) is 0. The number of rotatable bonds is 6. The van der Waals surface area contributed by atoms with E-state index in [2.05, 4.69) is 10.6 Å². The molecule has 0 radical (unpaired) electrons. The van der Waals surface area contributed by atoms with Crippen LogP contribution in [0.1, 0.15) is 6.92 Å². The van der Waals surface area contributed by atoms with Crippen molar-refractivity contribution in [3.8, 4) is 0 Å². The monoisotopic (exact) mass is 296 g/mol. The number of likely N-dealkylation sites (N-methyl/N-ethyl adjacent to an activating group) is 1. The molecule has 0 aliphatic rings. The molecular weight excluding hydrogens is 281 g/mol. The summed E-state index contributed by atoms with van der Waals surface area (Å²) in [4.78, 5) is -0.753. The quantitative estimate of drug-likeness (QED) is 0.788. The van der Waals surface area contributed by atoms with Crippen molar-refractivity contribution in [1.29, 1.82) is 0 Å². The number of halogens is 3. The summed E-state index contributed by atoms with van der Waals surface area (Å²) in [5, 5.41) is 6.03. The second kappa shape index (κ2) is 6.25. The van der Waals surface area contributed by atoms with Gasteiger partial charge in [-0.2, -0.15) is 13.2 Å². The number of hydrogen-bond acceptors (Lipinski definition) is 4. The Bertz CT molecular complexity index is 498. The number of benzene rings is 1. The normalized spacial score (nSPS) is 12.4. The zero-order valence-electron chi connectivity index (χ0n) is 10.3. The van der Waals surface area contributed by atoms with Gasteiger partial charge in [-0.25, -0.2) is 8.42 Å². The van der Waals surface area contributed by atoms with Crippen LogP contribution >= 0.6 is 0 Å². The van der Waals surface area contributed by atoms with E-state index in [0.717, 1.165) is 18.7 Å². The molecule has 0 saturated heterocycles. The molecule has 0 saturated carbocycles. The molecule has 0 bridgehead atoms. The molecule has 0 unspecified atom stereocenters. The van der Waals surface area contributed by atoms with Gasteiger partial charge in [0.25, 0.3) is 9.84 Å². The highest BCUT2D eigenvalue weighted by molar-refractivity contribution is 7.92. The van der Waals surface area contributed by atoms with E-state index < -0.39 is 20.2 Å². The molecule has 0 amide bonds. The SMILES string of the molecule is CCNCCNc1ccc(S(=O)(=O)C(F)(F)F)cc1. The van der Waals surface area contributed by atoms with Gasteiger partial charge in [-0.05, 0) is 30.8 Å². The second-order valence-electron chi connectivity index (χ2n) is 3.75. The molecule has 0 fully saturated rings. The molecule has 0 heterocycles. The number of anilines is 1. The highest BCUT2D eigenvalue weighted by atomic mass is 32.2. The summed E-state index contributed by atoms with van der Waals surface area (Å²) in [6, 6.07) is 4.51. The van der Waals surface area contributed by atoms with E-state index in [0.29, 0.717) is 18.8 Å². The van der Waals surface area contributed by atoms with Gasteiger partial charge in [0, 0.05) is 18.8 Å². The summed E-state index contributed by atoms with van der Waals surface area (Å²) < 4.78 is 59.1. The van der Waals surface area contributed by atoms with E-state index in [1.807, 2.05) is 6.92 Å². The van der Waals surface area contributed by atoms with Crippen LogP contribution in [0.25, 0.3) is 0 Å². The molecule has 19 heavy (non-hydrogen) atoms. The van der Waals surface area contributed by atoms with E-state index in [-0.39, 0.29) is 0 Å². The first-order valence-corrected chi connectivity index (χ1v) is 7.13. The van der Waals surface area contributed by atoms with E-state index in [1.165, 1.54) is 12.1 Å². The number of alkyl halides is 3. The van der Waals surface area contributed by atoms with Crippen molar-refractivity contribution in [3.05, 3.63) is 24.3 Å². The molecule has 1 aromatic rings. The molecular formula is C11H15F3N2O2S. The molecule has 8 heteroatoms. The molecule has 1 rings (SSSR count). The summed E-state index contributed by atoms with van der Waals surface area (Å²) in [6.45, 7) is 4.08. The van der Waals surface area contributed by atoms with Crippen LogP contribution in [-0.4, -0.2) is 33.6 Å². The molecule has 0 atom stereocenters.